The van der Waals surface area contributed by atoms with Crippen molar-refractivity contribution in [3.63, 3.8) is 0 Å². The molecule has 0 unspecified atom stereocenters. The lowest BCUT2D eigenvalue weighted by molar-refractivity contribution is -0.127. The maximum atomic E-state index is 11.7. The van der Waals surface area contributed by atoms with Crippen LogP contribution >= 0.6 is 0 Å². The van der Waals surface area contributed by atoms with Crippen molar-refractivity contribution in [2.75, 3.05) is 44.4 Å². The lowest BCUT2D eigenvalue weighted by Crippen LogP contribution is -2.35. The van der Waals surface area contributed by atoms with E-state index in [2.05, 4.69) is 15.3 Å². The van der Waals surface area contributed by atoms with Gasteiger partial charge in [-0.2, -0.15) is 4.98 Å². The SMILES string of the molecule is CCNc1ncc(C)c(N(C)CC(=O)N(C)C)n1. The molecule has 0 aliphatic carbocycles. The van der Waals surface area contributed by atoms with Crippen molar-refractivity contribution in [2.45, 2.75) is 13.8 Å². The zero-order valence-corrected chi connectivity index (χ0v) is 11.7. The number of rotatable bonds is 5. The normalized spacial score (nSPS) is 10.1. The lowest BCUT2D eigenvalue weighted by atomic mass is 10.3. The largest absolute Gasteiger partial charge is 0.354 e. The number of carbonyl (C=O) groups excluding carboxylic acids is 1. The second kappa shape index (κ2) is 6.18. The Labute approximate surface area is 108 Å². The molecule has 1 N–H and O–H groups in total. The van der Waals surface area contributed by atoms with Crippen LogP contribution in [0.5, 0.6) is 0 Å². The van der Waals surface area contributed by atoms with Gasteiger partial charge in [-0.25, -0.2) is 4.98 Å². The maximum Gasteiger partial charge on any atom is 0.241 e. The van der Waals surface area contributed by atoms with Crippen LogP contribution in [0, 0.1) is 6.92 Å². The quantitative estimate of drug-likeness (QED) is 0.836. The van der Waals surface area contributed by atoms with E-state index in [0.29, 0.717) is 12.5 Å². The molecular formula is C12H21N5O. The van der Waals surface area contributed by atoms with Gasteiger partial charge in [0.15, 0.2) is 0 Å². The van der Waals surface area contributed by atoms with Gasteiger partial charge in [0.05, 0.1) is 6.54 Å². The molecule has 0 radical (unpaired) electrons. The van der Waals surface area contributed by atoms with Crippen molar-refractivity contribution in [1.82, 2.24) is 14.9 Å². The van der Waals surface area contributed by atoms with Crippen LogP contribution in [-0.2, 0) is 4.79 Å². The Bertz CT molecular complexity index is 419. The highest BCUT2D eigenvalue weighted by atomic mass is 16.2. The topological polar surface area (TPSA) is 61.4 Å². The molecule has 0 fully saturated rings. The summed E-state index contributed by atoms with van der Waals surface area (Å²) in [5.41, 5.74) is 0.950. The summed E-state index contributed by atoms with van der Waals surface area (Å²) in [4.78, 5) is 23.7. The Morgan fingerprint density at radius 3 is 2.61 bits per heavy atom. The summed E-state index contributed by atoms with van der Waals surface area (Å²) < 4.78 is 0. The third-order valence-corrected chi connectivity index (χ3v) is 2.51. The molecule has 0 aromatic carbocycles. The molecule has 18 heavy (non-hydrogen) atoms. The van der Waals surface area contributed by atoms with E-state index in [1.807, 2.05) is 25.8 Å². The minimum atomic E-state index is 0.0421. The summed E-state index contributed by atoms with van der Waals surface area (Å²) in [6.45, 7) is 4.99. The van der Waals surface area contributed by atoms with Crippen molar-refractivity contribution < 1.29 is 4.79 Å². The summed E-state index contributed by atoms with van der Waals surface area (Å²) in [5.74, 6) is 1.40. The molecule has 0 aliphatic heterocycles. The molecule has 6 heteroatoms. The fraction of sp³-hybridized carbons (Fsp3) is 0.583. The molecule has 0 bridgehead atoms. The van der Waals surface area contributed by atoms with Crippen LogP contribution in [0.25, 0.3) is 0 Å². The Hall–Kier alpha value is -1.85. The maximum absolute atomic E-state index is 11.7. The van der Waals surface area contributed by atoms with Gasteiger partial charge in [0.2, 0.25) is 11.9 Å². The standard InChI is InChI=1S/C12H21N5O/c1-6-13-12-14-7-9(2)11(15-12)17(5)8-10(18)16(3)4/h7H,6,8H2,1-5H3,(H,13,14,15). The van der Waals surface area contributed by atoms with Crippen LogP contribution in [0.15, 0.2) is 6.20 Å². The molecule has 0 spiro atoms. The smallest absolute Gasteiger partial charge is 0.241 e. The first-order valence-electron chi connectivity index (χ1n) is 5.94. The highest BCUT2D eigenvalue weighted by Crippen LogP contribution is 2.16. The Kier molecular flexibility index (Phi) is 4.88. The number of aromatic nitrogens is 2. The van der Waals surface area contributed by atoms with Crippen LogP contribution < -0.4 is 10.2 Å². The zero-order chi connectivity index (χ0) is 13.7. The van der Waals surface area contributed by atoms with Crippen LogP contribution in [0.4, 0.5) is 11.8 Å². The van der Waals surface area contributed by atoms with Crippen molar-refractivity contribution in [1.29, 1.82) is 0 Å². The fourth-order valence-corrected chi connectivity index (χ4v) is 1.48. The lowest BCUT2D eigenvalue weighted by Gasteiger charge is -2.21. The van der Waals surface area contributed by atoms with E-state index >= 15 is 0 Å². The van der Waals surface area contributed by atoms with Gasteiger partial charge in [-0.15, -0.1) is 0 Å². The van der Waals surface area contributed by atoms with Gasteiger partial charge >= 0.3 is 0 Å². The minimum Gasteiger partial charge on any atom is -0.354 e. The molecule has 0 saturated heterocycles. The van der Waals surface area contributed by atoms with E-state index in [1.165, 1.54) is 0 Å². The average Bonchev–Trinajstić information content (AvgIpc) is 2.31. The van der Waals surface area contributed by atoms with E-state index in [-0.39, 0.29) is 5.91 Å². The first-order valence-corrected chi connectivity index (χ1v) is 5.94. The molecule has 6 nitrogen and oxygen atoms in total. The third kappa shape index (κ3) is 3.58. The number of nitrogens with one attached hydrogen (secondary N) is 1. The highest BCUT2D eigenvalue weighted by molar-refractivity contribution is 5.80. The van der Waals surface area contributed by atoms with Gasteiger partial charge < -0.3 is 15.1 Å². The highest BCUT2D eigenvalue weighted by Gasteiger charge is 2.13. The number of carbonyl (C=O) groups is 1. The second-order valence-electron chi connectivity index (χ2n) is 4.37. The minimum absolute atomic E-state index is 0.0421. The summed E-state index contributed by atoms with van der Waals surface area (Å²) in [6.07, 6.45) is 1.76. The predicted octanol–water partition coefficient (Wildman–Crippen LogP) is 0.741. The summed E-state index contributed by atoms with van der Waals surface area (Å²) in [5, 5.41) is 3.06. The number of hydrogen-bond acceptors (Lipinski definition) is 5. The third-order valence-electron chi connectivity index (χ3n) is 2.51. The number of anilines is 2. The zero-order valence-electron chi connectivity index (χ0n) is 11.7. The van der Waals surface area contributed by atoms with Crippen molar-refractivity contribution >= 4 is 17.7 Å². The molecular weight excluding hydrogens is 230 g/mol. The molecule has 1 aromatic rings. The molecule has 1 aromatic heterocycles. The second-order valence-corrected chi connectivity index (χ2v) is 4.37. The Morgan fingerprint density at radius 1 is 1.39 bits per heavy atom. The molecule has 1 amide bonds. The molecule has 1 heterocycles. The fourth-order valence-electron chi connectivity index (χ4n) is 1.48. The Balaban J connectivity index is 2.86. The first kappa shape index (κ1) is 14.2. The van der Waals surface area contributed by atoms with Gasteiger partial charge in [-0.3, -0.25) is 4.79 Å². The molecule has 1 rings (SSSR count). The van der Waals surface area contributed by atoms with Crippen molar-refractivity contribution in [3.05, 3.63) is 11.8 Å². The number of likely N-dealkylation sites (N-methyl/N-ethyl adjacent to an activating group) is 2. The molecule has 0 aliphatic rings. The number of amides is 1. The van der Waals surface area contributed by atoms with Crippen LogP contribution in [0.3, 0.4) is 0 Å². The van der Waals surface area contributed by atoms with Crippen molar-refractivity contribution in [3.8, 4) is 0 Å². The summed E-state index contributed by atoms with van der Waals surface area (Å²) in [6, 6.07) is 0. The monoisotopic (exact) mass is 251 g/mol. The van der Waals surface area contributed by atoms with E-state index in [4.69, 9.17) is 0 Å². The number of nitrogens with zero attached hydrogens (tertiary/aromatic N) is 4. The molecule has 0 saturated carbocycles. The van der Waals surface area contributed by atoms with Gasteiger partial charge in [-0.1, -0.05) is 0 Å². The van der Waals surface area contributed by atoms with Gasteiger partial charge in [0.1, 0.15) is 5.82 Å². The average molecular weight is 251 g/mol. The number of aryl methyl sites for hydroxylation is 1. The Morgan fingerprint density at radius 2 is 2.06 bits per heavy atom. The number of hydrogen-bond donors (Lipinski definition) is 1. The van der Waals surface area contributed by atoms with Crippen molar-refractivity contribution in [2.24, 2.45) is 0 Å². The summed E-state index contributed by atoms with van der Waals surface area (Å²) in [7, 11) is 5.34. The van der Waals surface area contributed by atoms with Crippen LogP contribution in [0.2, 0.25) is 0 Å². The van der Waals surface area contributed by atoms with E-state index in [1.54, 1.807) is 25.2 Å². The molecule has 0 atom stereocenters. The first-order chi connectivity index (χ1) is 8.45. The predicted molar refractivity (Wildman–Crippen MR) is 72.9 cm³/mol. The van der Waals surface area contributed by atoms with E-state index < -0.39 is 0 Å². The molecule has 100 valence electrons. The summed E-state index contributed by atoms with van der Waals surface area (Å²) >= 11 is 0. The van der Waals surface area contributed by atoms with Crippen LogP contribution in [-0.4, -0.2) is 55.0 Å². The van der Waals surface area contributed by atoms with Crippen LogP contribution in [0.1, 0.15) is 12.5 Å². The van der Waals surface area contributed by atoms with E-state index in [9.17, 15) is 4.79 Å². The van der Waals surface area contributed by atoms with Gasteiger partial charge in [0.25, 0.3) is 0 Å². The van der Waals surface area contributed by atoms with Gasteiger partial charge in [-0.05, 0) is 13.8 Å². The van der Waals surface area contributed by atoms with E-state index in [0.717, 1.165) is 17.9 Å². The van der Waals surface area contributed by atoms with Gasteiger partial charge in [0, 0.05) is 39.4 Å².